The monoisotopic (exact) mass is 444 g/mol. The molecule has 0 rings (SSSR count). The summed E-state index contributed by atoms with van der Waals surface area (Å²) in [6.45, 7) is 10.8. The molecular weight excluding hydrogens is 400 g/mol. The first-order valence-electron chi connectivity index (χ1n) is 11.6. The second-order valence-electron chi connectivity index (χ2n) is 9.22. The average Bonchev–Trinajstić information content (AvgIpc) is 2.75. The molecular formula is C24H44O7. The van der Waals surface area contributed by atoms with Crippen molar-refractivity contribution in [2.24, 2.45) is 16.7 Å². The number of carbonyl (C=O) groups excluding carboxylic acids is 3. The number of esters is 3. The number of carbonyl (C=O) groups is 3. The van der Waals surface area contributed by atoms with Crippen molar-refractivity contribution in [1.29, 1.82) is 0 Å². The number of aliphatic hydroxyl groups is 1. The Balaban J connectivity index is 5.62. The van der Waals surface area contributed by atoms with E-state index >= 15 is 0 Å². The van der Waals surface area contributed by atoms with Gasteiger partial charge in [0.25, 0.3) is 0 Å². The molecule has 0 amide bonds. The van der Waals surface area contributed by atoms with E-state index in [1.165, 1.54) is 7.11 Å². The normalized spacial score (nSPS) is 15.5. The molecule has 0 aliphatic carbocycles. The van der Waals surface area contributed by atoms with Gasteiger partial charge in [-0.25, -0.2) is 0 Å². The van der Waals surface area contributed by atoms with Crippen LogP contribution in [-0.2, 0) is 28.6 Å². The zero-order valence-electron chi connectivity index (χ0n) is 20.6. The number of rotatable bonds is 16. The van der Waals surface area contributed by atoms with Crippen molar-refractivity contribution in [3.63, 3.8) is 0 Å². The first-order valence-corrected chi connectivity index (χ1v) is 11.6. The van der Waals surface area contributed by atoms with Crippen LogP contribution in [-0.4, -0.2) is 49.4 Å². The molecule has 0 saturated carbocycles. The fourth-order valence-corrected chi connectivity index (χ4v) is 3.66. The summed E-state index contributed by atoms with van der Waals surface area (Å²) in [7, 11) is 1.33. The van der Waals surface area contributed by atoms with E-state index in [2.05, 4.69) is 6.92 Å². The molecule has 0 fully saturated rings. The van der Waals surface area contributed by atoms with Gasteiger partial charge in [0.05, 0.1) is 30.5 Å². The van der Waals surface area contributed by atoms with Gasteiger partial charge in [-0.2, -0.15) is 0 Å². The average molecular weight is 445 g/mol. The first kappa shape index (κ1) is 29.4. The van der Waals surface area contributed by atoms with Gasteiger partial charge < -0.3 is 19.3 Å². The number of aliphatic hydroxyl groups excluding tert-OH is 1. The highest BCUT2D eigenvalue weighted by atomic mass is 16.5. The van der Waals surface area contributed by atoms with E-state index in [4.69, 9.17) is 19.3 Å². The standard InChI is InChI=1S/C24H44O7/c1-8-11-12-13-19(9-2)31-20(26)18(17-24(6,10-3)22(28)29-7)16-23(4,5)21(27)30-15-14-25/h18-19,25H,8-17H2,1-7H3. The van der Waals surface area contributed by atoms with Gasteiger partial charge in [0, 0.05) is 0 Å². The van der Waals surface area contributed by atoms with Crippen molar-refractivity contribution in [3.8, 4) is 0 Å². The minimum absolute atomic E-state index is 0.0957. The van der Waals surface area contributed by atoms with E-state index in [1.807, 2.05) is 13.8 Å². The molecule has 1 N–H and O–H groups in total. The maximum absolute atomic E-state index is 13.2. The number of methoxy groups -OCH3 is 1. The Kier molecular flexibility index (Phi) is 13.7. The van der Waals surface area contributed by atoms with Gasteiger partial charge in [-0.1, -0.05) is 33.6 Å². The lowest BCUT2D eigenvalue weighted by atomic mass is 9.73. The van der Waals surface area contributed by atoms with Crippen LogP contribution in [0.4, 0.5) is 0 Å². The molecule has 0 bridgehead atoms. The highest BCUT2D eigenvalue weighted by Crippen LogP contribution is 2.38. The maximum atomic E-state index is 13.2. The lowest BCUT2D eigenvalue weighted by molar-refractivity contribution is -0.164. The molecule has 0 heterocycles. The summed E-state index contributed by atoms with van der Waals surface area (Å²) < 4.78 is 15.9. The SMILES string of the molecule is CCCCCC(CC)OC(=O)C(CC(C)(C)C(=O)OCCO)CC(C)(CC)C(=O)OC. The van der Waals surface area contributed by atoms with E-state index in [9.17, 15) is 14.4 Å². The predicted molar refractivity (Wildman–Crippen MR) is 119 cm³/mol. The summed E-state index contributed by atoms with van der Waals surface area (Å²) in [5.41, 5.74) is -1.85. The van der Waals surface area contributed by atoms with Gasteiger partial charge in [0.1, 0.15) is 12.7 Å². The Hall–Kier alpha value is -1.63. The molecule has 7 heteroatoms. The number of hydrogen-bond acceptors (Lipinski definition) is 7. The molecule has 0 aliphatic rings. The highest BCUT2D eigenvalue weighted by Gasteiger charge is 2.42. The van der Waals surface area contributed by atoms with Crippen molar-refractivity contribution in [1.82, 2.24) is 0 Å². The lowest BCUT2D eigenvalue weighted by Crippen LogP contribution is -2.38. The van der Waals surface area contributed by atoms with Crippen LogP contribution in [0.2, 0.25) is 0 Å². The quantitative estimate of drug-likeness (QED) is 0.213. The Labute approximate surface area is 188 Å². The smallest absolute Gasteiger partial charge is 0.311 e. The summed E-state index contributed by atoms with van der Waals surface area (Å²) in [5, 5.41) is 8.94. The molecule has 3 unspecified atom stereocenters. The van der Waals surface area contributed by atoms with Crippen molar-refractivity contribution >= 4 is 17.9 Å². The van der Waals surface area contributed by atoms with E-state index in [0.717, 1.165) is 25.7 Å². The van der Waals surface area contributed by atoms with Gasteiger partial charge in [-0.05, 0) is 59.3 Å². The van der Waals surface area contributed by atoms with Crippen LogP contribution in [0.3, 0.4) is 0 Å². The van der Waals surface area contributed by atoms with E-state index < -0.39 is 28.7 Å². The van der Waals surface area contributed by atoms with E-state index in [0.29, 0.717) is 12.8 Å². The van der Waals surface area contributed by atoms with Gasteiger partial charge >= 0.3 is 17.9 Å². The Morgan fingerprint density at radius 1 is 0.968 bits per heavy atom. The van der Waals surface area contributed by atoms with Gasteiger partial charge in [0.15, 0.2) is 0 Å². The van der Waals surface area contributed by atoms with E-state index in [-0.39, 0.29) is 38.1 Å². The summed E-state index contributed by atoms with van der Waals surface area (Å²) in [6.07, 6.45) is 5.37. The third-order valence-corrected chi connectivity index (χ3v) is 5.99. The van der Waals surface area contributed by atoms with Crippen LogP contribution in [0.1, 0.15) is 92.9 Å². The Morgan fingerprint density at radius 3 is 2.10 bits per heavy atom. The molecule has 0 aromatic rings. The summed E-state index contributed by atoms with van der Waals surface area (Å²) in [4.78, 5) is 38.1. The topological polar surface area (TPSA) is 99.1 Å². The second kappa shape index (κ2) is 14.4. The molecule has 3 atom stereocenters. The largest absolute Gasteiger partial charge is 0.469 e. The molecule has 0 aliphatic heterocycles. The van der Waals surface area contributed by atoms with E-state index in [1.54, 1.807) is 20.8 Å². The fraction of sp³-hybridized carbons (Fsp3) is 0.875. The summed E-state index contributed by atoms with van der Waals surface area (Å²) >= 11 is 0. The summed E-state index contributed by atoms with van der Waals surface area (Å²) in [6, 6.07) is 0. The molecule has 0 saturated heterocycles. The van der Waals surface area contributed by atoms with Crippen LogP contribution in [0.25, 0.3) is 0 Å². The van der Waals surface area contributed by atoms with Crippen LogP contribution in [0.5, 0.6) is 0 Å². The molecule has 7 nitrogen and oxygen atoms in total. The van der Waals surface area contributed by atoms with Crippen LogP contribution in [0, 0.1) is 16.7 Å². The maximum Gasteiger partial charge on any atom is 0.311 e. The molecule has 0 radical (unpaired) electrons. The van der Waals surface area contributed by atoms with Crippen molar-refractivity contribution in [3.05, 3.63) is 0 Å². The third-order valence-electron chi connectivity index (χ3n) is 5.99. The molecule has 0 spiro atoms. The van der Waals surface area contributed by atoms with Crippen LogP contribution < -0.4 is 0 Å². The van der Waals surface area contributed by atoms with Gasteiger partial charge in [-0.3, -0.25) is 14.4 Å². The Morgan fingerprint density at radius 2 is 1.61 bits per heavy atom. The number of hydrogen-bond donors (Lipinski definition) is 1. The van der Waals surface area contributed by atoms with Crippen molar-refractivity contribution in [2.45, 2.75) is 99.0 Å². The van der Waals surface area contributed by atoms with Crippen LogP contribution >= 0.6 is 0 Å². The fourth-order valence-electron chi connectivity index (χ4n) is 3.66. The number of ether oxygens (including phenoxy) is 3. The minimum Gasteiger partial charge on any atom is -0.469 e. The van der Waals surface area contributed by atoms with Crippen molar-refractivity contribution in [2.75, 3.05) is 20.3 Å². The molecule has 182 valence electrons. The van der Waals surface area contributed by atoms with Gasteiger partial charge in [-0.15, -0.1) is 0 Å². The number of unbranched alkanes of at least 4 members (excludes halogenated alkanes) is 2. The minimum atomic E-state index is -0.979. The first-order chi connectivity index (χ1) is 14.5. The zero-order valence-corrected chi connectivity index (χ0v) is 20.6. The third kappa shape index (κ3) is 10.0. The molecule has 0 aromatic carbocycles. The van der Waals surface area contributed by atoms with Gasteiger partial charge in [0.2, 0.25) is 0 Å². The second-order valence-corrected chi connectivity index (χ2v) is 9.22. The predicted octanol–water partition coefficient (Wildman–Crippen LogP) is 4.44. The highest BCUT2D eigenvalue weighted by molar-refractivity contribution is 5.80. The molecule has 31 heavy (non-hydrogen) atoms. The molecule has 0 aromatic heterocycles. The zero-order chi connectivity index (χ0) is 24.1. The Bertz CT molecular complexity index is 558. The summed E-state index contributed by atoms with van der Waals surface area (Å²) in [5.74, 6) is -1.94. The lowest BCUT2D eigenvalue weighted by Gasteiger charge is -2.33. The van der Waals surface area contributed by atoms with Crippen LogP contribution in [0.15, 0.2) is 0 Å². The van der Waals surface area contributed by atoms with Crippen molar-refractivity contribution < 1.29 is 33.7 Å².